The van der Waals surface area contributed by atoms with E-state index < -0.39 is 23.3 Å². The number of hydrogen-bond acceptors (Lipinski definition) is 2. The summed E-state index contributed by atoms with van der Waals surface area (Å²) in [5.74, 6) is -1.01. The van der Waals surface area contributed by atoms with Gasteiger partial charge in [-0.1, -0.05) is 17.7 Å². The van der Waals surface area contributed by atoms with Gasteiger partial charge >= 0.3 is 6.03 Å². The molecule has 0 unspecified atom stereocenters. The molecule has 4 nitrogen and oxygen atoms in total. The Morgan fingerprint density at radius 1 is 1.38 bits per heavy atom. The minimum absolute atomic E-state index is 0.0971. The van der Waals surface area contributed by atoms with Crippen LogP contribution in [0.5, 0.6) is 0 Å². The van der Waals surface area contributed by atoms with Gasteiger partial charge in [0.25, 0.3) is 5.91 Å². The SMILES string of the molecule is C[C@]1(c2ccc(F)cc2Cl)NC(=O)NC1=O. The van der Waals surface area contributed by atoms with Gasteiger partial charge in [-0.3, -0.25) is 10.1 Å². The zero-order valence-corrected chi connectivity index (χ0v) is 9.06. The van der Waals surface area contributed by atoms with E-state index in [0.717, 1.165) is 6.07 Å². The molecular weight excluding hydrogens is 235 g/mol. The van der Waals surface area contributed by atoms with Crippen molar-refractivity contribution in [3.63, 3.8) is 0 Å². The lowest BCUT2D eigenvalue weighted by atomic mass is 9.92. The topological polar surface area (TPSA) is 58.2 Å². The summed E-state index contributed by atoms with van der Waals surface area (Å²) >= 11 is 5.84. The average molecular weight is 243 g/mol. The number of hydrogen-bond donors (Lipinski definition) is 2. The summed E-state index contributed by atoms with van der Waals surface area (Å²) in [4.78, 5) is 22.7. The van der Waals surface area contributed by atoms with Crippen LogP contribution in [0.3, 0.4) is 0 Å². The van der Waals surface area contributed by atoms with Gasteiger partial charge in [-0.05, 0) is 19.1 Å². The summed E-state index contributed by atoms with van der Waals surface area (Å²) in [6.07, 6.45) is 0. The molecule has 0 aliphatic carbocycles. The fourth-order valence-corrected chi connectivity index (χ4v) is 1.98. The van der Waals surface area contributed by atoms with E-state index >= 15 is 0 Å². The van der Waals surface area contributed by atoms with Crippen LogP contribution in [0.15, 0.2) is 18.2 Å². The highest BCUT2D eigenvalue weighted by molar-refractivity contribution is 6.32. The van der Waals surface area contributed by atoms with Crippen LogP contribution in [0.1, 0.15) is 12.5 Å². The third kappa shape index (κ3) is 1.53. The minimum atomic E-state index is -1.25. The van der Waals surface area contributed by atoms with Gasteiger partial charge in [0, 0.05) is 10.6 Å². The van der Waals surface area contributed by atoms with Gasteiger partial charge in [-0.15, -0.1) is 0 Å². The first-order chi connectivity index (χ1) is 7.43. The summed E-state index contributed by atoms with van der Waals surface area (Å²) in [6.45, 7) is 1.51. The van der Waals surface area contributed by atoms with Gasteiger partial charge in [-0.2, -0.15) is 0 Å². The van der Waals surface area contributed by atoms with Crippen molar-refractivity contribution in [2.75, 3.05) is 0 Å². The van der Waals surface area contributed by atoms with Crippen molar-refractivity contribution >= 4 is 23.5 Å². The van der Waals surface area contributed by atoms with Crippen molar-refractivity contribution in [2.45, 2.75) is 12.5 Å². The Morgan fingerprint density at radius 2 is 2.06 bits per heavy atom. The van der Waals surface area contributed by atoms with Crippen LogP contribution in [0.2, 0.25) is 5.02 Å². The maximum atomic E-state index is 12.9. The third-order valence-corrected chi connectivity index (χ3v) is 2.83. The second-order valence-electron chi connectivity index (χ2n) is 3.66. The summed E-state index contributed by atoms with van der Waals surface area (Å²) in [5.41, 5.74) is -0.888. The van der Waals surface area contributed by atoms with Gasteiger partial charge in [0.15, 0.2) is 0 Å². The smallest absolute Gasteiger partial charge is 0.320 e. The molecule has 3 amide bonds. The zero-order valence-electron chi connectivity index (χ0n) is 8.30. The van der Waals surface area contributed by atoms with E-state index in [1.54, 1.807) is 0 Å². The molecule has 0 spiro atoms. The van der Waals surface area contributed by atoms with E-state index in [4.69, 9.17) is 11.6 Å². The highest BCUT2D eigenvalue weighted by Gasteiger charge is 2.44. The van der Waals surface area contributed by atoms with Crippen LogP contribution >= 0.6 is 11.6 Å². The molecule has 1 aromatic rings. The lowest BCUT2D eigenvalue weighted by Crippen LogP contribution is -2.40. The average Bonchev–Trinajstić information content (AvgIpc) is 2.40. The molecular formula is C10H8ClFN2O2. The Hall–Kier alpha value is -1.62. The highest BCUT2D eigenvalue weighted by atomic mass is 35.5. The van der Waals surface area contributed by atoms with Gasteiger partial charge in [0.2, 0.25) is 0 Å². The number of urea groups is 1. The first-order valence-corrected chi connectivity index (χ1v) is 4.90. The number of rotatable bonds is 1. The maximum absolute atomic E-state index is 12.9. The molecule has 1 atom stereocenters. The van der Waals surface area contributed by atoms with Crippen LogP contribution in [0.4, 0.5) is 9.18 Å². The van der Waals surface area contributed by atoms with Crippen LogP contribution in [0.25, 0.3) is 0 Å². The number of carbonyl (C=O) groups excluding carboxylic acids is 2. The molecule has 1 aliphatic heterocycles. The highest BCUT2D eigenvalue weighted by Crippen LogP contribution is 2.30. The number of carbonyl (C=O) groups is 2. The Morgan fingerprint density at radius 3 is 2.56 bits per heavy atom. The quantitative estimate of drug-likeness (QED) is 0.734. The first-order valence-electron chi connectivity index (χ1n) is 4.52. The number of halogens is 2. The van der Waals surface area contributed by atoms with Crippen LogP contribution in [-0.4, -0.2) is 11.9 Å². The molecule has 2 rings (SSSR count). The number of amides is 3. The third-order valence-electron chi connectivity index (χ3n) is 2.51. The van der Waals surface area contributed by atoms with Crippen molar-refractivity contribution in [1.82, 2.24) is 10.6 Å². The van der Waals surface area contributed by atoms with E-state index in [0.29, 0.717) is 5.56 Å². The Labute approximate surface area is 95.8 Å². The van der Waals surface area contributed by atoms with Crippen molar-refractivity contribution in [2.24, 2.45) is 0 Å². The zero-order chi connectivity index (χ0) is 11.9. The monoisotopic (exact) mass is 242 g/mol. The number of benzene rings is 1. The molecule has 1 aliphatic rings. The molecule has 16 heavy (non-hydrogen) atoms. The maximum Gasteiger partial charge on any atom is 0.322 e. The molecule has 6 heteroatoms. The summed E-state index contributed by atoms with van der Waals surface area (Å²) in [6, 6.07) is 3.07. The molecule has 1 aromatic carbocycles. The van der Waals surface area contributed by atoms with Crippen LogP contribution < -0.4 is 10.6 Å². The summed E-state index contributed by atoms with van der Waals surface area (Å²) < 4.78 is 12.9. The van der Waals surface area contributed by atoms with E-state index in [-0.39, 0.29) is 5.02 Å². The van der Waals surface area contributed by atoms with Gasteiger partial charge in [0.05, 0.1) is 0 Å². The molecule has 0 radical (unpaired) electrons. The van der Waals surface area contributed by atoms with Gasteiger partial charge in [-0.25, -0.2) is 9.18 Å². The van der Waals surface area contributed by atoms with Crippen molar-refractivity contribution in [1.29, 1.82) is 0 Å². The Balaban J connectivity index is 2.51. The second kappa shape index (κ2) is 3.45. The van der Waals surface area contributed by atoms with E-state index in [1.165, 1.54) is 19.1 Å². The van der Waals surface area contributed by atoms with E-state index in [9.17, 15) is 14.0 Å². The number of nitrogens with one attached hydrogen (secondary N) is 2. The molecule has 1 fully saturated rings. The molecule has 1 heterocycles. The summed E-state index contributed by atoms with van der Waals surface area (Å²) in [5, 5.41) is 4.65. The molecule has 1 saturated heterocycles. The standard InChI is InChI=1S/C10H8ClFN2O2/c1-10(8(15)13-9(16)14-10)6-3-2-5(12)4-7(6)11/h2-4H,1H3,(H2,13,14,15,16)/t10-/m1/s1. The fraction of sp³-hybridized carbons (Fsp3) is 0.200. The lowest BCUT2D eigenvalue weighted by Gasteiger charge is -2.22. The predicted molar refractivity (Wildman–Crippen MR) is 55.4 cm³/mol. The summed E-state index contributed by atoms with van der Waals surface area (Å²) in [7, 11) is 0. The van der Waals surface area contributed by atoms with E-state index in [1.807, 2.05) is 0 Å². The fourth-order valence-electron chi connectivity index (χ4n) is 1.63. The van der Waals surface area contributed by atoms with Crippen molar-refractivity contribution in [3.05, 3.63) is 34.6 Å². The first kappa shape index (κ1) is 10.9. The molecule has 2 N–H and O–H groups in total. The van der Waals surface area contributed by atoms with Crippen molar-refractivity contribution < 1.29 is 14.0 Å². The second-order valence-corrected chi connectivity index (χ2v) is 4.06. The Bertz CT molecular complexity index is 492. The Kier molecular flexibility index (Phi) is 2.35. The minimum Gasteiger partial charge on any atom is -0.320 e. The van der Waals surface area contributed by atoms with Crippen LogP contribution in [-0.2, 0) is 10.3 Å². The van der Waals surface area contributed by atoms with Gasteiger partial charge in [0.1, 0.15) is 11.4 Å². The normalized spacial score (nSPS) is 24.2. The molecule has 0 saturated carbocycles. The number of imide groups is 1. The van der Waals surface area contributed by atoms with E-state index in [2.05, 4.69) is 10.6 Å². The van der Waals surface area contributed by atoms with Gasteiger partial charge < -0.3 is 5.32 Å². The predicted octanol–water partition coefficient (Wildman–Crippen LogP) is 1.53. The molecule has 0 aromatic heterocycles. The largest absolute Gasteiger partial charge is 0.322 e. The van der Waals surface area contributed by atoms with Crippen LogP contribution in [0, 0.1) is 5.82 Å². The van der Waals surface area contributed by atoms with Crippen molar-refractivity contribution in [3.8, 4) is 0 Å². The molecule has 84 valence electrons. The molecule has 0 bridgehead atoms. The lowest BCUT2D eigenvalue weighted by molar-refractivity contribution is -0.123.